The van der Waals surface area contributed by atoms with E-state index in [9.17, 15) is 9.59 Å². The number of hydrogen-bond acceptors (Lipinski definition) is 4. The quantitative estimate of drug-likeness (QED) is 0.775. The van der Waals surface area contributed by atoms with E-state index in [0.717, 1.165) is 10.1 Å². The minimum absolute atomic E-state index is 0.137. The average molecular weight is 311 g/mol. The Hall–Kier alpha value is -2.73. The van der Waals surface area contributed by atoms with Crippen molar-refractivity contribution >= 4 is 33.2 Å². The molecule has 3 N–H and O–H groups in total. The fraction of sp³-hybridized carbons (Fsp3) is 0.0625. The zero-order chi connectivity index (χ0) is 15.5. The number of nitrogens with two attached hydrogens (primary N) is 1. The molecule has 0 aliphatic heterocycles. The summed E-state index contributed by atoms with van der Waals surface area (Å²) in [6.45, 7) is 0.298. The molecule has 1 aromatic carbocycles. The molecule has 22 heavy (non-hydrogen) atoms. The number of aromatic nitrogens is 1. The summed E-state index contributed by atoms with van der Waals surface area (Å²) in [5.41, 5.74) is 6.16. The molecule has 0 aliphatic rings. The van der Waals surface area contributed by atoms with E-state index in [1.807, 2.05) is 30.3 Å². The molecule has 2 heterocycles. The Morgan fingerprint density at radius 2 is 2.00 bits per heavy atom. The van der Waals surface area contributed by atoms with Crippen LogP contribution < -0.4 is 11.1 Å². The van der Waals surface area contributed by atoms with Gasteiger partial charge in [0.05, 0.1) is 22.7 Å². The maximum absolute atomic E-state index is 12.2. The summed E-state index contributed by atoms with van der Waals surface area (Å²) in [7, 11) is 0. The summed E-state index contributed by atoms with van der Waals surface area (Å²) in [5, 5.41) is 3.87. The van der Waals surface area contributed by atoms with Crippen LogP contribution in [0.5, 0.6) is 0 Å². The van der Waals surface area contributed by atoms with Gasteiger partial charge in [0.25, 0.3) is 5.91 Å². The predicted molar refractivity (Wildman–Crippen MR) is 85.8 cm³/mol. The fourth-order valence-corrected chi connectivity index (χ4v) is 3.01. The number of primary amides is 1. The monoisotopic (exact) mass is 311 g/mol. The van der Waals surface area contributed by atoms with Crippen LogP contribution >= 0.6 is 11.3 Å². The smallest absolute Gasteiger partial charge is 0.261 e. The molecule has 3 aromatic rings. The van der Waals surface area contributed by atoms with Crippen LogP contribution in [-0.2, 0) is 6.54 Å². The van der Waals surface area contributed by atoms with Crippen LogP contribution in [0.4, 0.5) is 0 Å². The Kier molecular flexibility index (Phi) is 3.84. The second kappa shape index (κ2) is 5.95. The third-order valence-electron chi connectivity index (χ3n) is 3.19. The first kappa shape index (κ1) is 14.2. The topological polar surface area (TPSA) is 85.1 Å². The molecule has 0 saturated heterocycles. The first-order valence-electron chi connectivity index (χ1n) is 6.65. The number of carbonyl (C=O) groups is 2. The largest absolute Gasteiger partial charge is 0.366 e. The number of hydrogen-bond donors (Lipinski definition) is 2. The van der Waals surface area contributed by atoms with E-state index in [1.54, 1.807) is 12.1 Å². The second-order valence-electron chi connectivity index (χ2n) is 4.73. The summed E-state index contributed by atoms with van der Waals surface area (Å²) >= 11 is 1.45. The SMILES string of the molecule is NC(=O)c1ccc(CNC(=O)c2cc3ccccc3s2)nc1. The number of fused-ring (bicyclic) bond motifs is 1. The molecule has 2 aromatic heterocycles. The van der Waals surface area contributed by atoms with Crippen molar-refractivity contribution in [2.45, 2.75) is 6.54 Å². The predicted octanol–water partition coefficient (Wildman–Crippen LogP) is 2.33. The highest BCUT2D eigenvalue weighted by atomic mass is 32.1. The van der Waals surface area contributed by atoms with Gasteiger partial charge in [-0.1, -0.05) is 18.2 Å². The summed E-state index contributed by atoms with van der Waals surface area (Å²) in [4.78, 5) is 27.9. The number of pyridine rings is 1. The van der Waals surface area contributed by atoms with E-state index in [1.165, 1.54) is 17.5 Å². The second-order valence-corrected chi connectivity index (χ2v) is 5.82. The number of nitrogens with zero attached hydrogens (tertiary/aromatic N) is 1. The Balaban J connectivity index is 1.67. The highest BCUT2D eigenvalue weighted by Gasteiger charge is 2.10. The molecule has 0 saturated carbocycles. The average Bonchev–Trinajstić information content (AvgIpc) is 2.97. The lowest BCUT2D eigenvalue weighted by Gasteiger charge is -2.03. The van der Waals surface area contributed by atoms with Crippen molar-refractivity contribution in [1.29, 1.82) is 0 Å². The molecule has 0 atom stereocenters. The van der Waals surface area contributed by atoms with Gasteiger partial charge in [0, 0.05) is 10.9 Å². The Bertz CT molecular complexity index is 807. The normalized spacial score (nSPS) is 10.5. The van der Waals surface area contributed by atoms with Crippen molar-refractivity contribution in [3.63, 3.8) is 0 Å². The van der Waals surface area contributed by atoms with Gasteiger partial charge >= 0.3 is 0 Å². The van der Waals surface area contributed by atoms with E-state index >= 15 is 0 Å². The van der Waals surface area contributed by atoms with Gasteiger partial charge < -0.3 is 11.1 Å². The molecule has 0 radical (unpaired) electrons. The van der Waals surface area contributed by atoms with Gasteiger partial charge in [-0.05, 0) is 29.7 Å². The van der Waals surface area contributed by atoms with Gasteiger partial charge in [0.2, 0.25) is 5.91 Å². The molecule has 0 fully saturated rings. The Labute approximate surface area is 130 Å². The first-order valence-corrected chi connectivity index (χ1v) is 7.46. The standard InChI is InChI=1S/C16H13N3O2S/c17-15(20)11-5-6-12(18-8-11)9-19-16(21)14-7-10-3-1-2-4-13(10)22-14/h1-8H,9H2,(H2,17,20)(H,19,21). The van der Waals surface area contributed by atoms with Crippen molar-refractivity contribution in [2.24, 2.45) is 5.73 Å². The number of carbonyl (C=O) groups excluding carboxylic acids is 2. The highest BCUT2D eigenvalue weighted by molar-refractivity contribution is 7.20. The number of rotatable bonds is 4. The van der Waals surface area contributed by atoms with Crippen molar-refractivity contribution in [2.75, 3.05) is 0 Å². The lowest BCUT2D eigenvalue weighted by Crippen LogP contribution is -2.22. The van der Waals surface area contributed by atoms with Crippen LogP contribution in [0.2, 0.25) is 0 Å². The summed E-state index contributed by atoms with van der Waals surface area (Å²) in [6.07, 6.45) is 1.41. The minimum Gasteiger partial charge on any atom is -0.366 e. The van der Waals surface area contributed by atoms with Crippen LogP contribution in [0.3, 0.4) is 0 Å². The van der Waals surface area contributed by atoms with Gasteiger partial charge in [-0.25, -0.2) is 0 Å². The number of thiophene rings is 1. The number of benzene rings is 1. The van der Waals surface area contributed by atoms with E-state index in [0.29, 0.717) is 22.7 Å². The van der Waals surface area contributed by atoms with Gasteiger partial charge in [-0.2, -0.15) is 0 Å². The molecule has 6 heteroatoms. The van der Waals surface area contributed by atoms with E-state index < -0.39 is 5.91 Å². The zero-order valence-electron chi connectivity index (χ0n) is 11.6. The molecule has 0 unspecified atom stereocenters. The van der Waals surface area contributed by atoms with Crippen molar-refractivity contribution < 1.29 is 9.59 Å². The maximum atomic E-state index is 12.2. The van der Waals surface area contributed by atoms with Gasteiger partial charge in [-0.3, -0.25) is 14.6 Å². The van der Waals surface area contributed by atoms with Crippen molar-refractivity contribution in [3.8, 4) is 0 Å². The lowest BCUT2D eigenvalue weighted by molar-refractivity contribution is 0.0952. The molecule has 3 rings (SSSR count). The number of amides is 2. The number of nitrogens with one attached hydrogen (secondary N) is 1. The lowest BCUT2D eigenvalue weighted by atomic mass is 10.2. The van der Waals surface area contributed by atoms with Crippen LogP contribution in [0.1, 0.15) is 25.7 Å². The van der Waals surface area contributed by atoms with Gasteiger partial charge in [-0.15, -0.1) is 11.3 Å². The molecule has 0 bridgehead atoms. The minimum atomic E-state index is -0.520. The van der Waals surface area contributed by atoms with E-state index in [-0.39, 0.29) is 5.91 Å². The van der Waals surface area contributed by atoms with Crippen LogP contribution in [0, 0.1) is 0 Å². The fourth-order valence-electron chi connectivity index (χ4n) is 2.03. The molecule has 0 spiro atoms. The van der Waals surface area contributed by atoms with Gasteiger partial charge in [0.15, 0.2) is 0 Å². The summed E-state index contributed by atoms with van der Waals surface area (Å²) in [5.74, 6) is -0.657. The summed E-state index contributed by atoms with van der Waals surface area (Å²) in [6, 6.07) is 13.0. The van der Waals surface area contributed by atoms with Gasteiger partial charge in [0.1, 0.15) is 0 Å². The zero-order valence-corrected chi connectivity index (χ0v) is 12.4. The molecule has 5 nitrogen and oxygen atoms in total. The van der Waals surface area contributed by atoms with Crippen LogP contribution in [0.15, 0.2) is 48.7 Å². The maximum Gasteiger partial charge on any atom is 0.261 e. The molecule has 0 aliphatic carbocycles. The van der Waals surface area contributed by atoms with Crippen molar-refractivity contribution in [1.82, 2.24) is 10.3 Å². The molecule has 2 amide bonds. The molecule has 110 valence electrons. The molecular formula is C16H13N3O2S. The molecular weight excluding hydrogens is 298 g/mol. The van der Waals surface area contributed by atoms with Crippen LogP contribution in [-0.4, -0.2) is 16.8 Å². The third-order valence-corrected chi connectivity index (χ3v) is 4.30. The Morgan fingerprint density at radius 1 is 1.18 bits per heavy atom. The van der Waals surface area contributed by atoms with E-state index in [2.05, 4.69) is 10.3 Å². The summed E-state index contributed by atoms with van der Waals surface area (Å²) < 4.78 is 1.08. The first-order chi connectivity index (χ1) is 10.6. The van der Waals surface area contributed by atoms with Crippen molar-refractivity contribution in [3.05, 3.63) is 64.8 Å². The third kappa shape index (κ3) is 2.96. The Morgan fingerprint density at radius 3 is 2.68 bits per heavy atom. The highest BCUT2D eigenvalue weighted by Crippen LogP contribution is 2.25. The van der Waals surface area contributed by atoms with E-state index in [4.69, 9.17) is 5.73 Å². The van der Waals surface area contributed by atoms with Crippen LogP contribution in [0.25, 0.3) is 10.1 Å².